The Morgan fingerprint density at radius 1 is 1.11 bits per heavy atom. The highest BCUT2D eigenvalue weighted by atomic mass is 16.5. The Labute approximate surface area is 162 Å². The van der Waals surface area contributed by atoms with Crippen molar-refractivity contribution in [3.63, 3.8) is 0 Å². The van der Waals surface area contributed by atoms with E-state index in [1.165, 1.54) is 0 Å². The van der Waals surface area contributed by atoms with E-state index in [0.717, 1.165) is 35.3 Å². The van der Waals surface area contributed by atoms with Gasteiger partial charge in [0, 0.05) is 48.9 Å². The number of carbonyl (C=O) groups is 1. The average molecular weight is 377 g/mol. The molecule has 1 fully saturated rings. The lowest BCUT2D eigenvalue weighted by atomic mass is 9.83. The van der Waals surface area contributed by atoms with Crippen molar-refractivity contribution >= 4 is 16.8 Å². The van der Waals surface area contributed by atoms with Gasteiger partial charge >= 0.3 is 0 Å². The molecule has 0 unspecified atom stereocenters. The minimum Gasteiger partial charge on any atom is -0.496 e. The van der Waals surface area contributed by atoms with Crippen molar-refractivity contribution in [1.29, 1.82) is 0 Å². The number of nitrogens with zero attached hydrogens (tertiary/aromatic N) is 3. The Bertz CT molecular complexity index is 1110. The van der Waals surface area contributed by atoms with Gasteiger partial charge in [-0.3, -0.25) is 9.59 Å². The Balaban J connectivity index is 1.38. The van der Waals surface area contributed by atoms with E-state index in [1.54, 1.807) is 13.2 Å². The van der Waals surface area contributed by atoms with E-state index in [2.05, 4.69) is 0 Å². The van der Waals surface area contributed by atoms with Crippen LogP contribution in [0.25, 0.3) is 10.9 Å². The summed E-state index contributed by atoms with van der Waals surface area (Å²) in [5.74, 6) is 1.53. The van der Waals surface area contributed by atoms with Crippen LogP contribution in [0.3, 0.4) is 0 Å². The zero-order chi connectivity index (χ0) is 19.3. The molecule has 5 rings (SSSR count). The molecule has 2 bridgehead atoms. The van der Waals surface area contributed by atoms with Gasteiger partial charge in [-0.15, -0.1) is 0 Å². The monoisotopic (exact) mass is 377 g/mol. The lowest BCUT2D eigenvalue weighted by molar-refractivity contribution is -0.134. The standard InChI is InChI=1S/C22H23N3O3/c1-28-20-6-2-5-19-17(20)8-9-23(19)14-22(27)24-11-15-10-16(13-24)18-4-3-7-21(26)25(18)12-15/h2-9,15-16H,10-14H2,1H3/t15-,16+/m1/s1. The van der Waals surface area contributed by atoms with Crippen molar-refractivity contribution in [3.05, 3.63) is 64.7 Å². The fourth-order valence-corrected chi connectivity index (χ4v) is 4.86. The van der Waals surface area contributed by atoms with Crippen LogP contribution in [0.15, 0.2) is 53.5 Å². The molecule has 3 aromatic rings. The van der Waals surface area contributed by atoms with Crippen LogP contribution < -0.4 is 10.3 Å². The number of piperidine rings is 1. The Kier molecular flexibility index (Phi) is 4.00. The highest BCUT2D eigenvalue weighted by molar-refractivity contribution is 5.88. The first-order chi connectivity index (χ1) is 13.6. The second-order valence-electron chi connectivity index (χ2n) is 7.83. The summed E-state index contributed by atoms with van der Waals surface area (Å²) in [5, 5.41) is 1.02. The fourth-order valence-electron chi connectivity index (χ4n) is 4.86. The maximum absolute atomic E-state index is 13.1. The zero-order valence-corrected chi connectivity index (χ0v) is 15.9. The van der Waals surface area contributed by atoms with Crippen LogP contribution in [0, 0.1) is 5.92 Å². The molecule has 1 amide bonds. The second-order valence-corrected chi connectivity index (χ2v) is 7.83. The van der Waals surface area contributed by atoms with Crippen molar-refractivity contribution in [2.45, 2.75) is 25.4 Å². The maximum Gasteiger partial charge on any atom is 0.250 e. The number of amides is 1. The summed E-state index contributed by atoms with van der Waals surface area (Å²) < 4.78 is 9.30. The van der Waals surface area contributed by atoms with E-state index >= 15 is 0 Å². The highest BCUT2D eigenvalue weighted by Crippen LogP contribution is 2.35. The number of carbonyl (C=O) groups excluding carboxylic acids is 1. The molecule has 1 aromatic carbocycles. The van der Waals surface area contributed by atoms with Crippen LogP contribution in [-0.4, -0.2) is 40.1 Å². The number of likely N-dealkylation sites (tertiary alicyclic amines) is 1. The molecule has 2 atom stereocenters. The van der Waals surface area contributed by atoms with Crippen molar-refractivity contribution in [2.75, 3.05) is 20.2 Å². The zero-order valence-electron chi connectivity index (χ0n) is 15.9. The molecule has 2 aliphatic rings. The number of pyridine rings is 1. The van der Waals surface area contributed by atoms with E-state index in [0.29, 0.717) is 25.6 Å². The molecular formula is C22H23N3O3. The first-order valence-corrected chi connectivity index (χ1v) is 9.73. The molecule has 2 aliphatic heterocycles. The van der Waals surface area contributed by atoms with Gasteiger partial charge in [0.25, 0.3) is 5.56 Å². The first kappa shape index (κ1) is 17.1. The molecule has 0 saturated carbocycles. The normalized spacial score (nSPS) is 20.8. The number of rotatable bonds is 3. The van der Waals surface area contributed by atoms with Gasteiger partial charge in [-0.2, -0.15) is 0 Å². The molecule has 0 aliphatic carbocycles. The SMILES string of the molecule is COc1cccc2c1ccn2CC(=O)N1C[C@H]2C[C@@H](C1)c1cccc(=O)n1C2. The average Bonchev–Trinajstić information content (AvgIpc) is 3.11. The third kappa shape index (κ3) is 2.71. The van der Waals surface area contributed by atoms with Gasteiger partial charge in [0.2, 0.25) is 5.91 Å². The van der Waals surface area contributed by atoms with Crippen LogP contribution in [0.5, 0.6) is 5.75 Å². The molecule has 0 N–H and O–H groups in total. The van der Waals surface area contributed by atoms with Gasteiger partial charge in [0.1, 0.15) is 12.3 Å². The number of fused-ring (bicyclic) bond motifs is 5. The number of aromatic nitrogens is 2. The lowest BCUT2D eigenvalue weighted by Gasteiger charge is -2.42. The largest absolute Gasteiger partial charge is 0.496 e. The first-order valence-electron chi connectivity index (χ1n) is 9.73. The predicted molar refractivity (Wildman–Crippen MR) is 107 cm³/mol. The van der Waals surface area contributed by atoms with Crippen LogP contribution in [0.2, 0.25) is 0 Å². The van der Waals surface area contributed by atoms with Gasteiger partial charge in [0.15, 0.2) is 0 Å². The number of ether oxygens (including phenoxy) is 1. The summed E-state index contributed by atoms with van der Waals surface area (Å²) in [6.45, 7) is 2.43. The van der Waals surface area contributed by atoms with E-state index < -0.39 is 0 Å². The molecule has 28 heavy (non-hydrogen) atoms. The van der Waals surface area contributed by atoms with E-state index in [-0.39, 0.29) is 17.4 Å². The minimum absolute atomic E-state index is 0.0692. The van der Waals surface area contributed by atoms with Gasteiger partial charge < -0.3 is 18.8 Å². The molecule has 0 radical (unpaired) electrons. The molecule has 6 nitrogen and oxygen atoms in total. The quantitative estimate of drug-likeness (QED) is 0.705. The van der Waals surface area contributed by atoms with Crippen LogP contribution in [0.4, 0.5) is 0 Å². The van der Waals surface area contributed by atoms with E-state index in [9.17, 15) is 9.59 Å². The van der Waals surface area contributed by atoms with Gasteiger partial charge in [-0.1, -0.05) is 12.1 Å². The minimum atomic E-state index is 0.0692. The molecule has 2 aromatic heterocycles. The van der Waals surface area contributed by atoms with E-state index in [4.69, 9.17) is 4.74 Å². The van der Waals surface area contributed by atoms with Gasteiger partial charge in [-0.25, -0.2) is 0 Å². The Hall–Kier alpha value is -3.02. The predicted octanol–water partition coefficient (Wildman–Crippen LogP) is 2.46. The summed E-state index contributed by atoms with van der Waals surface area (Å²) in [4.78, 5) is 27.2. The van der Waals surface area contributed by atoms with Crippen molar-refractivity contribution in [3.8, 4) is 5.75 Å². The van der Waals surface area contributed by atoms with Crippen LogP contribution in [-0.2, 0) is 17.9 Å². The summed E-state index contributed by atoms with van der Waals surface area (Å²) >= 11 is 0. The van der Waals surface area contributed by atoms with Gasteiger partial charge in [0.05, 0.1) is 12.6 Å². The maximum atomic E-state index is 13.1. The molecular weight excluding hydrogens is 354 g/mol. The van der Waals surface area contributed by atoms with Crippen molar-refractivity contribution < 1.29 is 9.53 Å². The Morgan fingerprint density at radius 3 is 2.82 bits per heavy atom. The number of methoxy groups -OCH3 is 1. The second kappa shape index (κ2) is 6.55. The fraction of sp³-hybridized carbons (Fsp3) is 0.364. The number of hydrogen-bond donors (Lipinski definition) is 0. The van der Waals surface area contributed by atoms with E-state index in [1.807, 2.05) is 56.6 Å². The lowest BCUT2D eigenvalue weighted by Crippen LogP contribution is -2.49. The molecule has 0 spiro atoms. The smallest absolute Gasteiger partial charge is 0.250 e. The van der Waals surface area contributed by atoms with Crippen LogP contribution in [0.1, 0.15) is 18.0 Å². The molecule has 144 valence electrons. The number of benzene rings is 1. The van der Waals surface area contributed by atoms with Gasteiger partial charge in [-0.05, 0) is 36.6 Å². The van der Waals surface area contributed by atoms with Crippen molar-refractivity contribution in [2.24, 2.45) is 5.92 Å². The summed E-state index contributed by atoms with van der Waals surface area (Å²) in [7, 11) is 1.66. The molecule has 6 heteroatoms. The number of hydrogen-bond acceptors (Lipinski definition) is 3. The summed E-state index contributed by atoms with van der Waals surface area (Å²) in [6.07, 6.45) is 3.00. The third-order valence-electron chi connectivity index (χ3n) is 6.13. The molecule has 4 heterocycles. The van der Waals surface area contributed by atoms with Crippen molar-refractivity contribution in [1.82, 2.24) is 14.0 Å². The summed E-state index contributed by atoms with van der Waals surface area (Å²) in [5.41, 5.74) is 2.14. The van der Waals surface area contributed by atoms with Crippen LogP contribution >= 0.6 is 0 Å². The summed E-state index contributed by atoms with van der Waals surface area (Å²) in [6, 6.07) is 13.4. The molecule has 1 saturated heterocycles. The highest BCUT2D eigenvalue weighted by Gasteiger charge is 2.36. The third-order valence-corrected chi connectivity index (χ3v) is 6.13. The topological polar surface area (TPSA) is 56.5 Å². The Morgan fingerprint density at radius 2 is 1.96 bits per heavy atom.